The first kappa shape index (κ1) is 15.0. The molecular weight excluding hydrogens is 272 g/mol. The molecule has 0 spiro atoms. The van der Waals surface area contributed by atoms with E-state index in [1.54, 1.807) is 24.3 Å². The van der Waals surface area contributed by atoms with E-state index in [1.807, 2.05) is 6.92 Å². The number of carbonyl (C=O) groups excluding carboxylic acids is 2. The lowest BCUT2D eigenvalue weighted by Crippen LogP contribution is -2.25. The predicted molar refractivity (Wildman–Crippen MR) is 78.1 cm³/mol. The number of rotatable bonds is 5. The quantitative estimate of drug-likeness (QED) is 0.866. The zero-order valence-electron chi connectivity index (χ0n) is 11.8. The first-order chi connectivity index (χ1) is 10.0. The van der Waals surface area contributed by atoms with Gasteiger partial charge in [0, 0.05) is 30.8 Å². The van der Waals surface area contributed by atoms with E-state index >= 15 is 0 Å². The fourth-order valence-electron chi connectivity index (χ4n) is 2.32. The summed E-state index contributed by atoms with van der Waals surface area (Å²) < 4.78 is 0. The van der Waals surface area contributed by atoms with Crippen LogP contribution in [-0.2, 0) is 14.4 Å². The van der Waals surface area contributed by atoms with Crippen LogP contribution in [0.25, 0.3) is 0 Å². The van der Waals surface area contributed by atoms with Crippen molar-refractivity contribution >= 4 is 29.2 Å². The van der Waals surface area contributed by atoms with Crippen molar-refractivity contribution in [3.8, 4) is 0 Å². The van der Waals surface area contributed by atoms with Gasteiger partial charge in [-0.25, -0.2) is 0 Å². The van der Waals surface area contributed by atoms with Crippen LogP contribution in [0.2, 0.25) is 0 Å². The molecule has 6 heteroatoms. The number of carbonyl (C=O) groups is 3. The van der Waals surface area contributed by atoms with Crippen molar-refractivity contribution in [3.63, 3.8) is 0 Å². The highest BCUT2D eigenvalue weighted by atomic mass is 16.4. The summed E-state index contributed by atoms with van der Waals surface area (Å²) in [4.78, 5) is 35.9. The summed E-state index contributed by atoms with van der Waals surface area (Å²) >= 11 is 0. The third-order valence-corrected chi connectivity index (χ3v) is 3.39. The second kappa shape index (κ2) is 6.39. The Morgan fingerprint density at radius 1 is 1.43 bits per heavy atom. The van der Waals surface area contributed by atoms with Gasteiger partial charge >= 0.3 is 5.97 Å². The summed E-state index contributed by atoms with van der Waals surface area (Å²) in [5, 5.41) is 11.8. The number of amides is 2. The standard InChI is InChI=1S/C15H18N2O4/c1-2-4-13(18)16-11-5-3-6-12(8-11)17-9-10(15(20)21)7-14(17)19/h3,5-6,8,10H,2,4,7,9H2,1H3,(H,16,18)(H,20,21)/t10-/m0/s1. The van der Waals surface area contributed by atoms with E-state index in [0.29, 0.717) is 17.8 Å². The van der Waals surface area contributed by atoms with Crippen LogP contribution in [0.5, 0.6) is 0 Å². The lowest BCUT2D eigenvalue weighted by molar-refractivity contribution is -0.141. The number of carboxylic acids is 1. The number of carboxylic acid groups (broad SMARTS) is 1. The van der Waals surface area contributed by atoms with Gasteiger partial charge in [0.1, 0.15) is 0 Å². The number of anilines is 2. The first-order valence-corrected chi connectivity index (χ1v) is 6.94. The Bertz CT molecular complexity index is 571. The molecule has 0 bridgehead atoms. The van der Waals surface area contributed by atoms with Crippen molar-refractivity contribution in [2.24, 2.45) is 5.92 Å². The molecule has 1 fully saturated rings. The van der Waals surface area contributed by atoms with Gasteiger partial charge in [-0.3, -0.25) is 14.4 Å². The van der Waals surface area contributed by atoms with Gasteiger partial charge < -0.3 is 15.3 Å². The highest BCUT2D eigenvalue weighted by molar-refractivity contribution is 6.00. The molecule has 1 saturated heterocycles. The molecular formula is C15H18N2O4. The largest absolute Gasteiger partial charge is 0.481 e. The van der Waals surface area contributed by atoms with E-state index in [1.165, 1.54) is 4.90 Å². The lowest BCUT2D eigenvalue weighted by Gasteiger charge is -2.17. The van der Waals surface area contributed by atoms with E-state index in [-0.39, 0.29) is 24.8 Å². The maximum atomic E-state index is 11.9. The average Bonchev–Trinajstić information content (AvgIpc) is 2.81. The van der Waals surface area contributed by atoms with Gasteiger partial charge in [-0.2, -0.15) is 0 Å². The van der Waals surface area contributed by atoms with Gasteiger partial charge in [-0.15, -0.1) is 0 Å². The molecule has 1 aliphatic heterocycles. The molecule has 0 radical (unpaired) electrons. The number of nitrogens with one attached hydrogen (secondary N) is 1. The Hall–Kier alpha value is -2.37. The van der Waals surface area contributed by atoms with E-state index in [2.05, 4.69) is 5.32 Å². The Balaban J connectivity index is 2.12. The second-order valence-corrected chi connectivity index (χ2v) is 5.09. The van der Waals surface area contributed by atoms with Crippen LogP contribution in [0.4, 0.5) is 11.4 Å². The van der Waals surface area contributed by atoms with Crippen LogP contribution in [0, 0.1) is 5.92 Å². The number of benzene rings is 1. The van der Waals surface area contributed by atoms with E-state index in [4.69, 9.17) is 5.11 Å². The zero-order chi connectivity index (χ0) is 15.4. The van der Waals surface area contributed by atoms with Crippen molar-refractivity contribution in [3.05, 3.63) is 24.3 Å². The normalized spacial score (nSPS) is 17.9. The molecule has 2 rings (SSSR count). The molecule has 0 aliphatic carbocycles. The average molecular weight is 290 g/mol. The molecule has 0 saturated carbocycles. The van der Waals surface area contributed by atoms with Gasteiger partial charge in [-0.05, 0) is 24.6 Å². The van der Waals surface area contributed by atoms with Crippen LogP contribution < -0.4 is 10.2 Å². The van der Waals surface area contributed by atoms with Gasteiger partial charge in [0.15, 0.2) is 0 Å². The summed E-state index contributed by atoms with van der Waals surface area (Å²) in [5.41, 5.74) is 1.22. The monoisotopic (exact) mass is 290 g/mol. The molecule has 112 valence electrons. The highest BCUT2D eigenvalue weighted by Crippen LogP contribution is 2.27. The van der Waals surface area contributed by atoms with Crippen molar-refractivity contribution in [1.82, 2.24) is 0 Å². The Kier molecular flexibility index (Phi) is 4.57. The van der Waals surface area contributed by atoms with E-state index in [9.17, 15) is 14.4 Å². The topological polar surface area (TPSA) is 86.7 Å². The van der Waals surface area contributed by atoms with Crippen molar-refractivity contribution < 1.29 is 19.5 Å². The van der Waals surface area contributed by atoms with Crippen LogP contribution >= 0.6 is 0 Å². The van der Waals surface area contributed by atoms with Gasteiger partial charge in [0.2, 0.25) is 11.8 Å². The van der Waals surface area contributed by atoms with Crippen LogP contribution in [0.15, 0.2) is 24.3 Å². The summed E-state index contributed by atoms with van der Waals surface area (Å²) in [6.07, 6.45) is 1.21. The molecule has 0 unspecified atom stereocenters. The van der Waals surface area contributed by atoms with Gasteiger partial charge in [0.05, 0.1) is 5.92 Å². The molecule has 1 aromatic carbocycles. The summed E-state index contributed by atoms with van der Waals surface area (Å²) in [6.45, 7) is 2.09. The third kappa shape index (κ3) is 3.59. The fourth-order valence-corrected chi connectivity index (χ4v) is 2.32. The molecule has 6 nitrogen and oxygen atoms in total. The van der Waals surface area contributed by atoms with E-state index in [0.717, 1.165) is 6.42 Å². The highest BCUT2D eigenvalue weighted by Gasteiger charge is 2.35. The first-order valence-electron chi connectivity index (χ1n) is 6.94. The minimum absolute atomic E-state index is 0.0156. The van der Waals surface area contributed by atoms with Gasteiger partial charge in [-0.1, -0.05) is 13.0 Å². The molecule has 1 atom stereocenters. The van der Waals surface area contributed by atoms with Crippen LogP contribution in [0.1, 0.15) is 26.2 Å². The number of nitrogens with zero attached hydrogens (tertiary/aromatic N) is 1. The summed E-state index contributed by atoms with van der Waals surface area (Å²) in [5.74, 6) is -1.92. The Morgan fingerprint density at radius 3 is 2.81 bits per heavy atom. The van der Waals surface area contributed by atoms with Crippen LogP contribution in [-0.4, -0.2) is 29.4 Å². The molecule has 1 aliphatic rings. The smallest absolute Gasteiger partial charge is 0.308 e. The Labute approximate surface area is 122 Å². The predicted octanol–water partition coefficient (Wildman–Crippen LogP) is 1.86. The SMILES string of the molecule is CCCC(=O)Nc1cccc(N2C[C@@H](C(=O)O)CC2=O)c1. The maximum Gasteiger partial charge on any atom is 0.308 e. The molecule has 0 aromatic heterocycles. The number of hydrogen-bond donors (Lipinski definition) is 2. The number of hydrogen-bond acceptors (Lipinski definition) is 3. The molecule has 2 N–H and O–H groups in total. The maximum absolute atomic E-state index is 11.9. The van der Waals surface area contributed by atoms with E-state index < -0.39 is 11.9 Å². The number of aliphatic carboxylic acids is 1. The molecule has 2 amide bonds. The molecule has 1 aromatic rings. The minimum Gasteiger partial charge on any atom is -0.481 e. The lowest BCUT2D eigenvalue weighted by atomic mass is 10.1. The summed E-state index contributed by atoms with van der Waals surface area (Å²) in [7, 11) is 0. The molecule has 1 heterocycles. The summed E-state index contributed by atoms with van der Waals surface area (Å²) in [6, 6.07) is 6.90. The second-order valence-electron chi connectivity index (χ2n) is 5.09. The minimum atomic E-state index is -0.960. The van der Waals surface area contributed by atoms with Crippen molar-refractivity contribution in [1.29, 1.82) is 0 Å². The van der Waals surface area contributed by atoms with Crippen molar-refractivity contribution in [2.75, 3.05) is 16.8 Å². The van der Waals surface area contributed by atoms with Crippen molar-refractivity contribution in [2.45, 2.75) is 26.2 Å². The molecule has 21 heavy (non-hydrogen) atoms. The Morgan fingerprint density at radius 2 is 2.19 bits per heavy atom. The van der Waals surface area contributed by atoms with Gasteiger partial charge in [0.25, 0.3) is 0 Å². The van der Waals surface area contributed by atoms with Crippen LogP contribution in [0.3, 0.4) is 0 Å². The zero-order valence-corrected chi connectivity index (χ0v) is 11.8. The third-order valence-electron chi connectivity index (χ3n) is 3.39. The fraction of sp³-hybridized carbons (Fsp3) is 0.400.